The molecule has 2 aromatic carbocycles. The van der Waals surface area contributed by atoms with Gasteiger partial charge in [0.05, 0.1) is 21.6 Å². The van der Waals surface area contributed by atoms with Crippen molar-refractivity contribution < 1.29 is 40.3 Å². The zero-order valence-corrected chi connectivity index (χ0v) is 21.9. The Morgan fingerprint density at radius 2 is 1.58 bits per heavy atom. The first-order chi connectivity index (χ1) is 17.4. The average molecular weight is 608 g/mol. The Balaban J connectivity index is 2.31. The summed E-state index contributed by atoms with van der Waals surface area (Å²) in [6.07, 6.45) is -8.88. The van der Waals surface area contributed by atoms with Crippen LogP contribution in [0.2, 0.25) is 15.1 Å². The highest BCUT2D eigenvalue weighted by molar-refractivity contribution is 6.48. The molecular formula is C24H20Cl3F7N2O2. The van der Waals surface area contributed by atoms with Gasteiger partial charge in [-0.15, -0.1) is 0 Å². The molecule has 0 heterocycles. The SMILES string of the molecule is Cc1cc(/C(F)=C/C(c2cc(Cl)c(Cl)c(Cl)c2)C(F)(F)F)ccc1C(=O)NC(C)(C=O)CNCC(F)(F)F. The second-order valence-corrected chi connectivity index (χ2v) is 9.76. The molecule has 2 N–H and O–H groups in total. The van der Waals surface area contributed by atoms with Crippen LogP contribution in [0.15, 0.2) is 36.4 Å². The van der Waals surface area contributed by atoms with Crippen LogP contribution in [-0.4, -0.2) is 43.2 Å². The first-order valence-electron chi connectivity index (χ1n) is 10.6. The van der Waals surface area contributed by atoms with E-state index in [1.807, 2.05) is 5.32 Å². The molecule has 0 saturated heterocycles. The number of allylic oxidation sites excluding steroid dienone is 1. The molecule has 2 unspecified atom stereocenters. The Morgan fingerprint density at radius 1 is 1.00 bits per heavy atom. The van der Waals surface area contributed by atoms with E-state index >= 15 is 0 Å². The molecule has 0 saturated carbocycles. The van der Waals surface area contributed by atoms with Crippen molar-refractivity contribution >= 4 is 52.8 Å². The maximum Gasteiger partial charge on any atom is 0.401 e. The van der Waals surface area contributed by atoms with Crippen molar-refractivity contribution in [3.05, 3.63) is 73.7 Å². The van der Waals surface area contributed by atoms with Crippen LogP contribution < -0.4 is 10.6 Å². The number of benzene rings is 2. The number of aldehydes is 1. The minimum atomic E-state index is -4.92. The normalized spacial score (nSPS) is 15.1. The fourth-order valence-electron chi connectivity index (χ4n) is 3.35. The van der Waals surface area contributed by atoms with E-state index in [4.69, 9.17) is 34.8 Å². The lowest BCUT2D eigenvalue weighted by Gasteiger charge is -2.26. The van der Waals surface area contributed by atoms with Gasteiger partial charge in [-0.25, -0.2) is 4.39 Å². The predicted octanol–water partition coefficient (Wildman–Crippen LogP) is 7.45. The highest BCUT2D eigenvalue weighted by atomic mass is 35.5. The second-order valence-electron chi connectivity index (χ2n) is 8.57. The topological polar surface area (TPSA) is 58.2 Å². The number of nitrogens with one attached hydrogen (secondary N) is 2. The van der Waals surface area contributed by atoms with Gasteiger partial charge in [0.15, 0.2) is 0 Å². The molecular weight excluding hydrogens is 588 g/mol. The summed E-state index contributed by atoms with van der Waals surface area (Å²) in [5.41, 5.74) is -2.40. The molecule has 0 aliphatic carbocycles. The van der Waals surface area contributed by atoms with Crippen molar-refractivity contribution in [3.63, 3.8) is 0 Å². The summed E-state index contributed by atoms with van der Waals surface area (Å²) in [5.74, 6) is -4.56. The van der Waals surface area contributed by atoms with Crippen molar-refractivity contribution in [2.45, 2.75) is 37.7 Å². The van der Waals surface area contributed by atoms with Crippen LogP contribution in [0.25, 0.3) is 5.83 Å². The van der Waals surface area contributed by atoms with Crippen LogP contribution in [0, 0.1) is 6.92 Å². The standard InChI is InChI=1S/C24H20Cl3F7N2O2/c1-12-5-13(3-4-15(12)21(38)36-22(2,11-37)9-35-10-23(29,30)31)19(28)8-16(24(32,33)34)14-6-17(25)20(27)18(26)7-14/h3-8,11,16,35H,9-10H2,1-2H3,(H,36,38)/b19-8-. The summed E-state index contributed by atoms with van der Waals surface area (Å²) in [6, 6.07) is 5.10. The van der Waals surface area contributed by atoms with Gasteiger partial charge in [-0.2, -0.15) is 26.3 Å². The Labute approximate surface area is 228 Å². The Bertz CT molecular complexity index is 1210. The van der Waals surface area contributed by atoms with Gasteiger partial charge in [-0.05, 0) is 55.3 Å². The number of aryl methyl sites for hydroxylation is 1. The Hall–Kier alpha value is -2.34. The lowest BCUT2D eigenvalue weighted by atomic mass is 9.95. The smallest absolute Gasteiger partial charge is 0.339 e. The van der Waals surface area contributed by atoms with Gasteiger partial charge in [0.2, 0.25) is 0 Å². The van der Waals surface area contributed by atoms with Crippen molar-refractivity contribution in [2.75, 3.05) is 13.1 Å². The zero-order valence-electron chi connectivity index (χ0n) is 19.6. The van der Waals surface area contributed by atoms with E-state index in [1.54, 1.807) is 0 Å². The fourth-order valence-corrected chi connectivity index (χ4v) is 3.96. The number of carbonyl (C=O) groups excluding carboxylic acids is 2. The maximum absolute atomic E-state index is 15.0. The van der Waals surface area contributed by atoms with Gasteiger partial charge in [0.1, 0.15) is 23.6 Å². The quantitative estimate of drug-likeness (QED) is 0.177. The Morgan fingerprint density at radius 3 is 2.05 bits per heavy atom. The fraction of sp³-hybridized carbons (Fsp3) is 0.333. The minimum absolute atomic E-state index is 0.0749. The number of hydrogen-bond acceptors (Lipinski definition) is 3. The van der Waals surface area contributed by atoms with Crippen molar-refractivity contribution in [1.82, 2.24) is 10.6 Å². The lowest BCUT2D eigenvalue weighted by molar-refractivity contribution is -0.139. The summed E-state index contributed by atoms with van der Waals surface area (Å²) < 4.78 is 93.3. The van der Waals surface area contributed by atoms with E-state index in [-0.39, 0.29) is 38.0 Å². The van der Waals surface area contributed by atoms with Gasteiger partial charge < -0.3 is 15.4 Å². The molecule has 0 aromatic heterocycles. The molecule has 0 radical (unpaired) electrons. The third-order valence-electron chi connectivity index (χ3n) is 5.25. The van der Waals surface area contributed by atoms with Crippen molar-refractivity contribution in [3.8, 4) is 0 Å². The van der Waals surface area contributed by atoms with E-state index in [0.717, 1.165) is 30.3 Å². The predicted molar refractivity (Wildman–Crippen MR) is 131 cm³/mol. The molecule has 0 aliphatic rings. The number of halogens is 10. The van der Waals surface area contributed by atoms with E-state index in [2.05, 4.69) is 5.32 Å². The van der Waals surface area contributed by atoms with Crippen LogP contribution in [0.5, 0.6) is 0 Å². The first kappa shape index (κ1) is 31.9. The van der Waals surface area contributed by atoms with Crippen LogP contribution in [0.4, 0.5) is 30.7 Å². The summed E-state index contributed by atoms with van der Waals surface area (Å²) in [7, 11) is 0. The molecule has 2 rings (SSSR count). The van der Waals surface area contributed by atoms with Crippen molar-refractivity contribution in [2.24, 2.45) is 0 Å². The summed E-state index contributed by atoms with van der Waals surface area (Å²) in [6.45, 7) is 0.637. The Kier molecular flexibility index (Phi) is 10.3. The van der Waals surface area contributed by atoms with Gasteiger partial charge in [-0.1, -0.05) is 40.9 Å². The highest BCUT2D eigenvalue weighted by Gasteiger charge is 2.40. The summed E-state index contributed by atoms with van der Waals surface area (Å²) in [5, 5.41) is 3.66. The molecule has 0 bridgehead atoms. The van der Waals surface area contributed by atoms with Crippen molar-refractivity contribution in [1.29, 1.82) is 0 Å². The van der Waals surface area contributed by atoms with Gasteiger partial charge in [0.25, 0.3) is 5.91 Å². The molecule has 4 nitrogen and oxygen atoms in total. The van der Waals surface area contributed by atoms with E-state index in [0.29, 0.717) is 6.08 Å². The van der Waals surface area contributed by atoms with Gasteiger partial charge >= 0.3 is 12.4 Å². The largest absolute Gasteiger partial charge is 0.401 e. The molecule has 2 aromatic rings. The zero-order chi connectivity index (χ0) is 29.1. The highest BCUT2D eigenvalue weighted by Crippen LogP contribution is 2.42. The molecule has 14 heteroatoms. The van der Waals surface area contributed by atoms with Crippen LogP contribution in [-0.2, 0) is 4.79 Å². The van der Waals surface area contributed by atoms with Crippen LogP contribution in [0.1, 0.15) is 39.9 Å². The van der Waals surface area contributed by atoms with Crippen LogP contribution in [0.3, 0.4) is 0 Å². The van der Waals surface area contributed by atoms with Crippen LogP contribution >= 0.6 is 34.8 Å². The molecule has 0 fully saturated rings. The number of amides is 1. The summed E-state index contributed by atoms with van der Waals surface area (Å²) in [4.78, 5) is 24.1. The van der Waals surface area contributed by atoms with Gasteiger partial charge in [0, 0.05) is 17.7 Å². The molecule has 38 heavy (non-hydrogen) atoms. The van der Waals surface area contributed by atoms with E-state index in [1.165, 1.54) is 13.8 Å². The van der Waals surface area contributed by atoms with Gasteiger partial charge in [-0.3, -0.25) is 4.79 Å². The molecule has 208 valence electrons. The molecule has 0 spiro atoms. The molecule has 1 amide bonds. The minimum Gasteiger partial charge on any atom is -0.339 e. The summed E-state index contributed by atoms with van der Waals surface area (Å²) >= 11 is 17.4. The monoisotopic (exact) mass is 606 g/mol. The van der Waals surface area contributed by atoms with E-state index in [9.17, 15) is 40.3 Å². The second kappa shape index (κ2) is 12.2. The molecule has 2 atom stereocenters. The average Bonchev–Trinajstić information content (AvgIpc) is 2.78. The number of alkyl halides is 6. The molecule has 0 aliphatic heterocycles. The number of rotatable bonds is 9. The maximum atomic E-state index is 15.0. The number of hydrogen-bond donors (Lipinski definition) is 2. The lowest BCUT2D eigenvalue weighted by Crippen LogP contribution is -2.55. The third-order valence-corrected chi connectivity index (χ3v) is 6.45. The first-order valence-corrected chi connectivity index (χ1v) is 11.8. The third kappa shape index (κ3) is 8.59. The number of carbonyl (C=O) groups is 2. The van der Waals surface area contributed by atoms with E-state index < -0.39 is 54.2 Å².